The van der Waals surface area contributed by atoms with Gasteiger partial charge in [-0.1, -0.05) is 0 Å². The van der Waals surface area contributed by atoms with Gasteiger partial charge in [-0.05, 0) is 19.1 Å². The first kappa shape index (κ1) is 11.2. The second kappa shape index (κ2) is 3.74. The van der Waals surface area contributed by atoms with E-state index in [4.69, 9.17) is 0 Å². The first-order valence-corrected chi connectivity index (χ1v) is 3.91. The van der Waals surface area contributed by atoms with Crippen LogP contribution in [0.1, 0.15) is 19.8 Å². The largest absolute Gasteiger partial charge is 0.272 e. The van der Waals surface area contributed by atoms with Crippen LogP contribution in [0, 0.1) is 0 Å². The molecule has 5 heteroatoms. The van der Waals surface area contributed by atoms with Gasteiger partial charge in [0.15, 0.2) is 0 Å². The van der Waals surface area contributed by atoms with Crippen molar-refractivity contribution < 1.29 is 13.2 Å². The van der Waals surface area contributed by atoms with Crippen LogP contribution in [0.25, 0.3) is 0 Å². The first-order valence-electron chi connectivity index (χ1n) is 3.28. The van der Waals surface area contributed by atoms with E-state index in [1.807, 2.05) is 0 Å². The Kier molecular flexibility index (Phi) is 3.81. The van der Waals surface area contributed by atoms with Crippen molar-refractivity contribution in [2.24, 2.45) is 0 Å². The molecule has 0 bridgehead atoms. The molecule has 0 aromatic heterocycles. The lowest BCUT2D eigenvalue weighted by Gasteiger charge is -2.26. The molecule has 0 aliphatic heterocycles. The first-order chi connectivity index (χ1) is 4.81. The fraction of sp³-hybridized carbons (Fsp3) is 1.00. The Morgan fingerprint density at radius 1 is 1.36 bits per heavy atom. The van der Waals surface area contributed by atoms with E-state index in [1.165, 1.54) is 0 Å². The Hall–Kier alpha value is 0.205. The second-order valence-electron chi connectivity index (χ2n) is 2.61. The summed E-state index contributed by atoms with van der Waals surface area (Å²) in [6, 6.07) is 0. The molecule has 0 saturated carbocycles. The van der Waals surface area contributed by atoms with Crippen molar-refractivity contribution in [1.82, 2.24) is 0 Å². The van der Waals surface area contributed by atoms with E-state index in [0.717, 1.165) is 0 Å². The van der Waals surface area contributed by atoms with Gasteiger partial charge in [0.1, 0.15) is 13.4 Å². The molecule has 0 fully saturated rings. The highest BCUT2D eigenvalue weighted by molar-refractivity contribution is 7.80. The Morgan fingerprint density at radius 2 is 1.82 bits per heavy atom. The molecule has 0 aliphatic rings. The van der Waals surface area contributed by atoms with Crippen molar-refractivity contribution in [3.05, 3.63) is 0 Å². The molecule has 0 aromatic rings. The van der Waals surface area contributed by atoms with Gasteiger partial charge in [0.2, 0.25) is 0 Å². The number of halogens is 3. The number of hydrogen-bond acceptors (Lipinski definition) is 1. The van der Waals surface area contributed by atoms with Gasteiger partial charge in [0.05, 0.1) is 0 Å². The lowest BCUT2D eigenvalue weighted by molar-refractivity contribution is -0.0929. The standard InChI is InChI=1S/C6H10BF3S/c1-5(7,8)6(9,10)3-2-4-11/h11H,2-4H2,1H3. The molecule has 1 atom stereocenters. The van der Waals surface area contributed by atoms with Crippen LogP contribution < -0.4 is 0 Å². The summed E-state index contributed by atoms with van der Waals surface area (Å²) in [7, 11) is 4.61. The second-order valence-corrected chi connectivity index (χ2v) is 3.05. The zero-order valence-electron chi connectivity index (χ0n) is 6.28. The van der Waals surface area contributed by atoms with E-state index >= 15 is 0 Å². The van der Waals surface area contributed by atoms with Crippen LogP contribution in [0.2, 0.25) is 0 Å². The predicted octanol–water partition coefficient (Wildman–Crippen LogP) is 2.19. The highest BCUT2D eigenvalue weighted by Crippen LogP contribution is 2.33. The van der Waals surface area contributed by atoms with Crippen molar-refractivity contribution in [3.8, 4) is 0 Å². The molecular formula is C6H10BF3S. The summed E-state index contributed by atoms with van der Waals surface area (Å²) < 4.78 is 37.7. The van der Waals surface area contributed by atoms with Crippen LogP contribution in [0.4, 0.5) is 13.2 Å². The zero-order valence-corrected chi connectivity index (χ0v) is 7.17. The third-order valence-electron chi connectivity index (χ3n) is 1.36. The number of rotatable bonds is 4. The van der Waals surface area contributed by atoms with E-state index in [9.17, 15) is 13.2 Å². The summed E-state index contributed by atoms with van der Waals surface area (Å²) >= 11 is 3.73. The summed E-state index contributed by atoms with van der Waals surface area (Å²) in [5, 5.41) is 0. The van der Waals surface area contributed by atoms with Gasteiger partial charge in [0, 0.05) is 6.42 Å². The predicted molar refractivity (Wildman–Crippen MR) is 43.3 cm³/mol. The summed E-state index contributed by atoms with van der Waals surface area (Å²) in [5.41, 5.74) is -2.92. The average Bonchev–Trinajstić information content (AvgIpc) is 1.81. The zero-order chi connectivity index (χ0) is 9.12. The maximum Gasteiger partial charge on any atom is 0.272 e. The lowest BCUT2D eigenvalue weighted by Crippen LogP contribution is -2.42. The van der Waals surface area contributed by atoms with Crippen LogP contribution in [-0.4, -0.2) is 25.1 Å². The van der Waals surface area contributed by atoms with Crippen molar-refractivity contribution in [3.63, 3.8) is 0 Å². The maximum absolute atomic E-state index is 12.6. The van der Waals surface area contributed by atoms with E-state index in [0.29, 0.717) is 12.7 Å². The molecule has 1 unspecified atom stereocenters. The van der Waals surface area contributed by atoms with Crippen LogP contribution in [0.15, 0.2) is 0 Å². The van der Waals surface area contributed by atoms with Crippen LogP contribution >= 0.6 is 12.6 Å². The van der Waals surface area contributed by atoms with E-state index in [-0.39, 0.29) is 6.42 Å². The van der Waals surface area contributed by atoms with Gasteiger partial charge >= 0.3 is 0 Å². The normalized spacial score (nSPS) is 17.9. The molecule has 0 aliphatic carbocycles. The molecule has 11 heavy (non-hydrogen) atoms. The van der Waals surface area contributed by atoms with Gasteiger partial charge in [-0.25, -0.2) is 13.2 Å². The van der Waals surface area contributed by atoms with Gasteiger partial charge in [0.25, 0.3) is 5.92 Å². The van der Waals surface area contributed by atoms with Gasteiger partial charge in [-0.3, -0.25) is 0 Å². The summed E-state index contributed by atoms with van der Waals surface area (Å²) in [6.07, 6.45) is -0.396. The molecule has 0 rings (SSSR count). The van der Waals surface area contributed by atoms with Gasteiger partial charge < -0.3 is 0 Å². The summed E-state index contributed by atoms with van der Waals surface area (Å²) in [5.74, 6) is -3.14. The van der Waals surface area contributed by atoms with Crippen LogP contribution in [0.5, 0.6) is 0 Å². The molecule has 0 aromatic carbocycles. The fourth-order valence-corrected chi connectivity index (χ4v) is 0.704. The van der Waals surface area contributed by atoms with E-state index < -0.39 is 17.9 Å². The van der Waals surface area contributed by atoms with Crippen molar-refractivity contribution in [1.29, 1.82) is 0 Å². The topological polar surface area (TPSA) is 0 Å². The molecule has 0 amide bonds. The molecule has 0 nitrogen and oxygen atoms in total. The molecule has 2 radical (unpaired) electrons. The lowest BCUT2D eigenvalue weighted by atomic mass is 9.78. The molecule has 0 saturated heterocycles. The minimum Gasteiger partial charge on any atom is -0.249 e. The van der Waals surface area contributed by atoms with Crippen LogP contribution in [-0.2, 0) is 0 Å². The number of alkyl halides is 3. The fourth-order valence-electron chi connectivity index (χ4n) is 0.545. The van der Waals surface area contributed by atoms with Crippen molar-refractivity contribution in [2.45, 2.75) is 31.3 Å². The molecule has 64 valence electrons. The SMILES string of the molecule is [B]C(C)(F)C(F)(F)CCCS. The Labute approximate surface area is 71.4 Å². The number of thiol groups is 1. The summed E-state index contributed by atoms with van der Waals surface area (Å²) in [6.45, 7) is 0.672. The Bertz CT molecular complexity index is 121. The monoisotopic (exact) mass is 182 g/mol. The average molecular weight is 182 g/mol. The smallest absolute Gasteiger partial charge is 0.249 e. The summed E-state index contributed by atoms with van der Waals surface area (Å²) in [4.78, 5) is 0. The molecule has 0 N–H and O–H groups in total. The van der Waals surface area contributed by atoms with Crippen molar-refractivity contribution >= 4 is 20.5 Å². The van der Waals surface area contributed by atoms with E-state index in [2.05, 4.69) is 20.5 Å². The minimum atomic E-state index is -3.45. The molecular weight excluding hydrogens is 172 g/mol. The van der Waals surface area contributed by atoms with Gasteiger partial charge in [-0.2, -0.15) is 12.6 Å². The van der Waals surface area contributed by atoms with Gasteiger partial charge in [-0.15, -0.1) is 0 Å². The maximum atomic E-state index is 12.6. The minimum absolute atomic E-state index is 0.160. The third kappa shape index (κ3) is 3.40. The highest BCUT2D eigenvalue weighted by Gasteiger charge is 2.45. The molecule has 0 spiro atoms. The third-order valence-corrected chi connectivity index (χ3v) is 1.68. The Balaban J connectivity index is 4.00. The Morgan fingerprint density at radius 3 is 2.09 bits per heavy atom. The quantitative estimate of drug-likeness (QED) is 0.500. The number of hydrogen-bond donors (Lipinski definition) is 1. The van der Waals surface area contributed by atoms with Crippen LogP contribution in [0.3, 0.4) is 0 Å². The van der Waals surface area contributed by atoms with E-state index in [1.54, 1.807) is 0 Å². The molecule has 0 heterocycles. The van der Waals surface area contributed by atoms with Crippen molar-refractivity contribution in [2.75, 3.05) is 5.75 Å². The highest BCUT2D eigenvalue weighted by atomic mass is 32.1.